The number of pyridine rings is 1. The highest BCUT2D eigenvalue weighted by Crippen LogP contribution is 2.38. The van der Waals surface area contributed by atoms with Gasteiger partial charge in [-0.05, 0) is 43.0 Å². The van der Waals surface area contributed by atoms with Crippen molar-refractivity contribution in [1.82, 2.24) is 19.5 Å². The number of para-hydroxylation sites is 1. The highest BCUT2D eigenvalue weighted by atomic mass is 32.2. The van der Waals surface area contributed by atoms with Crippen LogP contribution in [0.15, 0.2) is 65.8 Å². The molecule has 2 aromatic carbocycles. The van der Waals surface area contributed by atoms with Crippen LogP contribution in [0.3, 0.4) is 0 Å². The lowest BCUT2D eigenvalue weighted by Crippen LogP contribution is -2.31. The lowest BCUT2D eigenvalue weighted by molar-refractivity contribution is -0.129. The summed E-state index contributed by atoms with van der Waals surface area (Å²) in [4.78, 5) is 15.4. The summed E-state index contributed by atoms with van der Waals surface area (Å²) in [5.41, 5.74) is 4.05. The first-order chi connectivity index (χ1) is 14.2. The fourth-order valence-electron chi connectivity index (χ4n) is 4.05. The Labute approximate surface area is 173 Å². The molecule has 146 valence electrons. The van der Waals surface area contributed by atoms with Crippen LogP contribution in [0.5, 0.6) is 0 Å². The van der Waals surface area contributed by atoms with E-state index in [-0.39, 0.29) is 11.2 Å². The van der Waals surface area contributed by atoms with Gasteiger partial charge in [0.2, 0.25) is 5.91 Å². The van der Waals surface area contributed by atoms with E-state index in [0.29, 0.717) is 0 Å². The van der Waals surface area contributed by atoms with Crippen molar-refractivity contribution >= 4 is 34.2 Å². The summed E-state index contributed by atoms with van der Waals surface area (Å²) < 4.78 is 2.07. The van der Waals surface area contributed by atoms with Crippen LogP contribution in [0.1, 0.15) is 29.2 Å². The van der Waals surface area contributed by atoms with Crippen molar-refractivity contribution in [3.05, 3.63) is 71.8 Å². The fourth-order valence-corrected chi connectivity index (χ4v) is 5.19. The molecule has 1 fully saturated rings. The number of thioether (sulfide) groups is 1. The number of carbonyl (C=O) groups is 1. The lowest BCUT2D eigenvalue weighted by Gasteiger charge is -2.22. The van der Waals surface area contributed by atoms with Gasteiger partial charge in [0.15, 0.2) is 10.8 Å². The van der Waals surface area contributed by atoms with Gasteiger partial charge in [-0.25, -0.2) is 0 Å². The minimum absolute atomic E-state index is 0.159. The Morgan fingerprint density at radius 3 is 2.52 bits per heavy atom. The molecule has 29 heavy (non-hydrogen) atoms. The number of aromatic nitrogens is 3. The van der Waals surface area contributed by atoms with Crippen molar-refractivity contribution < 1.29 is 4.79 Å². The van der Waals surface area contributed by atoms with Gasteiger partial charge >= 0.3 is 0 Å². The molecule has 0 saturated carbocycles. The Balaban J connectivity index is 1.61. The summed E-state index contributed by atoms with van der Waals surface area (Å²) in [5, 5.41) is 10.5. The van der Waals surface area contributed by atoms with Gasteiger partial charge in [0.25, 0.3) is 0 Å². The van der Waals surface area contributed by atoms with Crippen LogP contribution < -0.4 is 0 Å². The molecule has 0 radical (unpaired) electrons. The maximum absolute atomic E-state index is 13.4. The van der Waals surface area contributed by atoms with E-state index < -0.39 is 0 Å². The second-order valence-electron chi connectivity index (χ2n) is 7.46. The summed E-state index contributed by atoms with van der Waals surface area (Å²) in [5.74, 6) is 0.159. The number of likely N-dealkylation sites (tertiary alicyclic amines) is 1. The fraction of sp³-hybridized carbons (Fsp3) is 0.261. The van der Waals surface area contributed by atoms with Crippen LogP contribution >= 0.6 is 11.8 Å². The Morgan fingerprint density at radius 1 is 1.00 bits per heavy atom. The maximum Gasteiger partial charge on any atom is 0.240 e. The largest absolute Gasteiger partial charge is 0.341 e. The molecule has 1 saturated heterocycles. The van der Waals surface area contributed by atoms with E-state index in [9.17, 15) is 4.79 Å². The quantitative estimate of drug-likeness (QED) is 0.467. The molecule has 1 atom stereocenters. The monoisotopic (exact) mass is 402 g/mol. The summed E-state index contributed by atoms with van der Waals surface area (Å²) in [6.45, 7) is 3.77. The normalized spacial score (nSPS) is 15.3. The molecule has 0 unspecified atom stereocenters. The molecule has 1 aliphatic heterocycles. The average molecular weight is 403 g/mol. The van der Waals surface area contributed by atoms with Crippen molar-refractivity contribution in [2.24, 2.45) is 0 Å². The van der Waals surface area contributed by atoms with E-state index in [1.54, 1.807) is 0 Å². The number of amides is 1. The van der Waals surface area contributed by atoms with Gasteiger partial charge in [0.05, 0.1) is 5.52 Å². The molecule has 5 rings (SSSR count). The van der Waals surface area contributed by atoms with E-state index in [1.807, 2.05) is 47.4 Å². The predicted octanol–water partition coefficient (Wildman–Crippen LogP) is 4.65. The van der Waals surface area contributed by atoms with Crippen molar-refractivity contribution in [2.45, 2.75) is 30.2 Å². The van der Waals surface area contributed by atoms with E-state index in [4.69, 9.17) is 0 Å². The summed E-state index contributed by atoms with van der Waals surface area (Å²) in [6.07, 6.45) is 2.16. The first kappa shape index (κ1) is 18.2. The maximum atomic E-state index is 13.4. The minimum atomic E-state index is -0.332. The minimum Gasteiger partial charge on any atom is -0.341 e. The SMILES string of the molecule is Cc1cc2nnc(S[C@@H](C(=O)N3CCCC3)c3ccccc3)n2c2ccccc12. The number of hydrogen-bond acceptors (Lipinski definition) is 4. The van der Waals surface area contributed by atoms with E-state index in [1.165, 1.54) is 22.7 Å². The Morgan fingerprint density at radius 2 is 1.72 bits per heavy atom. The number of carbonyl (C=O) groups excluding carboxylic acids is 1. The zero-order valence-corrected chi connectivity index (χ0v) is 17.1. The number of nitrogens with zero attached hydrogens (tertiary/aromatic N) is 4. The Kier molecular flexibility index (Phi) is 4.72. The van der Waals surface area contributed by atoms with Crippen molar-refractivity contribution in [2.75, 3.05) is 13.1 Å². The van der Waals surface area contributed by atoms with Crippen LogP contribution in [-0.2, 0) is 4.79 Å². The smallest absolute Gasteiger partial charge is 0.240 e. The molecule has 0 N–H and O–H groups in total. The molecular formula is C23H22N4OS. The number of hydrogen-bond donors (Lipinski definition) is 0. The van der Waals surface area contributed by atoms with Crippen LogP contribution in [0.4, 0.5) is 0 Å². The predicted molar refractivity (Wildman–Crippen MR) is 116 cm³/mol. The number of aryl methyl sites for hydroxylation is 1. The van der Waals surface area contributed by atoms with Gasteiger partial charge in [0.1, 0.15) is 5.25 Å². The molecule has 4 aromatic rings. The number of rotatable bonds is 4. The molecule has 3 heterocycles. The standard InChI is InChI=1S/C23H22N4OS/c1-16-15-20-24-25-23(27(20)19-12-6-5-11-18(16)19)29-21(17-9-3-2-4-10-17)22(28)26-13-7-8-14-26/h2-6,9-12,15,21H,7-8,13-14H2,1H3/t21-/m1/s1. The van der Waals surface area contributed by atoms with Gasteiger partial charge in [0, 0.05) is 18.5 Å². The molecule has 6 heteroatoms. The summed E-state index contributed by atoms with van der Waals surface area (Å²) >= 11 is 1.49. The summed E-state index contributed by atoms with van der Waals surface area (Å²) in [6, 6.07) is 20.3. The number of benzene rings is 2. The zero-order chi connectivity index (χ0) is 19.8. The van der Waals surface area contributed by atoms with Crippen LogP contribution in [-0.4, -0.2) is 38.5 Å². The molecule has 1 aliphatic rings. The van der Waals surface area contributed by atoms with Gasteiger partial charge in [-0.1, -0.05) is 60.3 Å². The molecular weight excluding hydrogens is 380 g/mol. The van der Waals surface area contributed by atoms with E-state index in [0.717, 1.165) is 47.8 Å². The average Bonchev–Trinajstić information content (AvgIpc) is 3.43. The van der Waals surface area contributed by atoms with Gasteiger partial charge < -0.3 is 4.90 Å². The molecule has 0 aliphatic carbocycles. The zero-order valence-electron chi connectivity index (χ0n) is 16.3. The first-order valence-electron chi connectivity index (χ1n) is 9.96. The third kappa shape index (κ3) is 3.27. The molecule has 0 spiro atoms. The van der Waals surface area contributed by atoms with Crippen LogP contribution in [0.25, 0.3) is 16.6 Å². The molecule has 0 bridgehead atoms. The Bertz CT molecular complexity index is 1180. The van der Waals surface area contributed by atoms with Crippen molar-refractivity contribution in [1.29, 1.82) is 0 Å². The molecule has 5 nitrogen and oxygen atoms in total. The van der Waals surface area contributed by atoms with Crippen molar-refractivity contribution in [3.8, 4) is 0 Å². The summed E-state index contributed by atoms with van der Waals surface area (Å²) in [7, 11) is 0. The third-order valence-corrected chi connectivity index (χ3v) is 6.73. The first-order valence-corrected chi connectivity index (χ1v) is 10.8. The third-order valence-electron chi connectivity index (χ3n) is 5.54. The molecule has 2 aromatic heterocycles. The van der Waals surface area contributed by atoms with Crippen LogP contribution in [0.2, 0.25) is 0 Å². The van der Waals surface area contributed by atoms with Gasteiger partial charge in [-0.2, -0.15) is 0 Å². The second-order valence-corrected chi connectivity index (χ2v) is 8.53. The van der Waals surface area contributed by atoms with E-state index in [2.05, 4.69) is 39.7 Å². The highest BCUT2D eigenvalue weighted by molar-refractivity contribution is 8.00. The topological polar surface area (TPSA) is 50.5 Å². The lowest BCUT2D eigenvalue weighted by atomic mass is 10.1. The molecule has 1 amide bonds. The van der Waals surface area contributed by atoms with Gasteiger partial charge in [-0.15, -0.1) is 10.2 Å². The second kappa shape index (κ2) is 7.52. The van der Waals surface area contributed by atoms with Crippen LogP contribution in [0, 0.1) is 6.92 Å². The van der Waals surface area contributed by atoms with Crippen molar-refractivity contribution in [3.63, 3.8) is 0 Å². The van der Waals surface area contributed by atoms with Gasteiger partial charge in [-0.3, -0.25) is 9.20 Å². The van der Waals surface area contributed by atoms with E-state index >= 15 is 0 Å². The highest BCUT2D eigenvalue weighted by Gasteiger charge is 2.30. The number of fused-ring (bicyclic) bond motifs is 3. The Hall–Kier alpha value is -2.86.